The normalized spacial score (nSPS) is 13.2. The fourth-order valence-electron chi connectivity index (χ4n) is 2.03. The molecule has 0 saturated carbocycles. The van der Waals surface area contributed by atoms with Gasteiger partial charge in [-0.15, -0.1) is 0 Å². The highest BCUT2D eigenvalue weighted by molar-refractivity contribution is 7.99. The van der Waals surface area contributed by atoms with Crippen LogP contribution in [0.3, 0.4) is 0 Å². The van der Waals surface area contributed by atoms with E-state index in [4.69, 9.17) is 17.3 Å². The molecule has 0 bridgehead atoms. The molecule has 0 radical (unpaired) electrons. The lowest BCUT2D eigenvalue weighted by Gasteiger charge is -2.19. The molecule has 0 unspecified atom stereocenters. The van der Waals surface area contributed by atoms with Crippen LogP contribution in [0.4, 0.5) is 0 Å². The van der Waals surface area contributed by atoms with Crippen molar-refractivity contribution in [2.24, 2.45) is 5.73 Å². The first-order chi connectivity index (χ1) is 9.77. The Balaban J connectivity index is 2.19. The molecule has 0 aromatic heterocycles. The Kier molecular flexibility index (Phi) is 5.03. The number of halogens is 1. The molecule has 0 aliphatic rings. The van der Waals surface area contributed by atoms with Crippen LogP contribution in [0.25, 0.3) is 0 Å². The van der Waals surface area contributed by atoms with Crippen molar-refractivity contribution in [1.82, 2.24) is 0 Å². The maximum atomic E-state index is 6.35. The average molecular weight is 320 g/mol. The van der Waals surface area contributed by atoms with Gasteiger partial charge in [-0.05, 0) is 47.7 Å². The predicted octanol–water partition coefficient (Wildman–Crippen LogP) is 5.81. The van der Waals surface area contributed by atoms with E-state index in [9.17, 15) is 0 Å². The van der Waals surface area contributed by atoms with Crippen LogP contribution in [-0.2, 0) is 5.41 Å². The van der Waals surface area contributed by atoms with Gasteiger partial charge in [0.15, 0.2) is 0 Å². The van der Waals surface area contributed by atoms with Gasteiger partial charge in [0.2, 0.25) is 0 Å². The molecule has 0 heterocycles. The van der Waals surface area contributed by atoms with E-state index in [-0.39, 0.29) is 11.5 Å². The third kappa shape index (κ3) is 4.26. The fourth-order valence-corrected chi connectivity index (χ4v) is 3.16. The highest BCUT2D eigenvalue weighted by Gasteiger charge is 2.13. The second kappa shape index (κ2) is 6.43. The molecule has 1 atom stereocenters. The fraction of sp³-hybridized carbons (Fsp3) is 0.333. The SMILES string of the molecule is C[C@H](N)c1ccc(Sc2ccc(C(C)(C)C)cc2)c(Cl)c1. The van der Waals surface area contributed by atoms with Gasteiger partial charge < -0.3 is 5.73 Å². The minimum absolute atomic E-state index is 0.00705. The van der Waals surface area contributed by atoms with Crippen molar-refractivity contribution in [2.75, 3.05) is 0 Å². The van der Waals surface area contributed by atoms with E-state index < -0.39 is 0 Å². The summed E-state index contributed by atoms with van der Waals surface area (Å²) in [6.45, 7) is 8.62. The molecule has 0 aliphatic carbocycles. The summed E-state index contributed by atoms with van der Waals surface area (Å²) in [6, 6.07) is 14.7. The standard InChI is InChI=1S/C18H22ClNS/c1-12(20)13-5-10-17(16(19)11-13)21-15-8-6-14(7-9-15)18(2,3)4/h5-12H,20H2,1-4H3/t12-/m0/s1. The molecule has 0 amide bonds. The van der Waals surface area contributed by atoms with Crippen LogP contribution in [0, 0.1) is 0 Å². The summed E-state index contributed by atoms with van der Waals surface area (Å²) in [4.78, 5) is 2.25. The molecule has 2 N–H and O–H groups in total. The molecule has 0 saturated heterocycles. The van der Waals surface area contributed by atoms with Gasteiger partial charge in [0.25, 0.3) is 0 Å². The summed E-state index contributed by atoms with van der Waals surface area (Å²) in [5.74, 6) is 0. The number of nitrogens with two attached hydrogens (primary N) is 1. The third-order valence-corrected chi connectivity index (χ3v) is 4.94. The van der Waals surface area contributed by atoms with Crippen molar-refractivity contribution in [1.29, 1.82) is 0 Å². The van der Waals surface area contributed by atoms with E-state index in [1.54, 1.807) is 11.8 Å². The molecule has 2 rings (SSSR count). The van der Waals surface area contributed by atoms with E-state index in [0.29, 0.717) is 0 Å². The summed E-state index contributed by atoms with van der Waals surface area (Å²) >= 11 is 8.03. The summed E-state index contributed by atoms with van der Waals surface area (Å²) in [7, 11) is 0. The van der Waals surface area contributed by atoms with Gasteiger partial charge in [-0.25, -0.2) is 0 Å². The molecule has 0 fully saturated rings. The Bertz CT molecular complexity index is 612. The average Bonchev–Trinajstić information content (AvgIpc) is 2.40. The van der Waals surface area contributed by atoms with Gasteiger partial charge in [-0.3, -0.25) is 0 Å². The summed E-state index contributed by atoms with van der Waals surface area (Å²) in [5, 5.41) is 0.759. The first-order valence-corrected chi connectivity index (χ1v) is 8.30. The monoisotopic (exact) mass is 319 g/mol. The van der Waals surface area contributed by atoms with E-state index in [2.05, 4.69) is 45.0 Å². The number of hydrogen-bond donors (Lipinski definition) is 1. The summed E-state index contributed by atoms with van der Waals surface area (Å²) < 4.78 is 0. The molecular weight excluding hydrogens is 298 g/mol. The van der Waals surface area contributed by atoms with Gasteiger partial charge in [0, 0.05) is 15.8 Å². The van der Waals surface area contributed by atoms with Crippen LogP contribution in [0.5, 0.6) is 0 Å². The summed E-state index contributed by atoms with van der Waals surface area (Å²) in [6.07, 6.45) is 0. The lowest BCUT2D eigenvalue weighted by atomic mass is 9.87. The van der Waals surface area contributed by atoms with Gasteiger partial charge in [0.05, 0.1) is 5.02 Å². The quantitative estimate of drug-likeness (QED) is 0.772. The molecule has 1 nitrogen and oxygen atoms in total. The van der Waals surface area contributed by atoms with Crippen molar-refractivity contribution in [3.05, 3.63) is 58.6 Å². The van der Waals surface area contributed by atoms with Crippen LogP contribution < -0.4 is 5.73 Å². The Morgan fingerprint density at radius 3 is 2.14 bits per heavy atom. The molecule has 0 spiro atoms. The first kappa shape index (κ1) is 16.4. The zero-order valence-corrected chi connectivity index (χ0v) is 14.6. The molecule has 21 heavy (non-hydrogen) atoms. The second-order valence-corrected chi connectivity index (χ2v) is 7.88. The highest BCUT2D eigenvalue weighted by atomic mass is 35.5. The van der Waals surface area contributed by atoms with Gasteiger partial charge in [-0.2, -0.15) is 0 Å². The third-order valence-electron chi connectivity index (χ3n) is 3.43. The number of benzene rings is 2. The van der Waals surface area contributed by atoms with Crippen molar-refractivity contribution in [3.8, 4) is 0 Å². The highest BCUT2D eigenvalue weighted by Crippen LogP contribution is 2.35. The Hall–Kier alpha value is -0.960. The zero-order chi connectivity index (χ0) is 15.6. The minimum atomic E-state index is 0.00705. The number of hydrogen-bond acceptors (Lipinski definition) is 2. The van der Waals surface area contributed by atoms with Gasteiger partial charge in [0.1, 0.15) is 0 Å². The maximum Gasteiger partial charge on any atom is 0.0548 e. The summed E-state index contributed by atoms with van der Waals surface area (Å²) in [5.41, 5.74) is 8.46. The van der Waals surface area contributed by atoms with Crippen molar-refractivity contribution >= 4 is 23.4 Å². The minimum Gasteiger partial charge on any atom is -0.324 e. The molecule has 2 aromatic rings. The van der Waals surface area contributed by atoms with Crippen LogP contribution in [0.15, 0.2) is 52.3 Å². The van der Waals surface area contributed by atoms with E-state index in [0.717, 1.165) is 15.5 Å². The predicted molar refractivity (Wildman–Crippen MR) is 93.3 cm³/mol. The smallest absolute Gasteiger partial charge is 0.0548 e. The molecule has 112 valence electrons. The van der Waals surface area contributed by atoms with Crippen molar-refractivity contribution in [2.45, 2.75) is 48.9 Å². The molecular formula is C18H22ClNS. The molecule has 2 aromatic carbocycles. The van der Waals surface area contributed by atoms with Crippen LogP contribution in [0.2, 0.25) is 5.02 Å². The van der Waals surface area contributed by atoms with Crippen molar-refractivity contribution in [3.63, 3.8) is 0 Å². The Labute approximate surface area is 136 Å². The van der Waals surface area contributed by atoms with E-state index in [1.807, 2.05) is 25.1 Å². The number of rotatable bonds is 3. The molecule has 0 aliphatic heterocycles. The lowest BCUT2D eigenvalue weighted by molar-refractivity contribution is 0.590. The van der Waals surface area contributed by atoms with Gasteiger partial charge >= 0.3 is 0 Å². The van der Waals surface area contributed by atoms with E-state index >= 15 is 0 Å². The zero-order valence-electron chi connectivity index (χ0n) is 13.0. The van der Waals surface area contributed by atoms with Crippen LogP contribution in [0.1, 0.15) is 44.9 Å². The second-order valence-electron chi connectivity index (χ2n) is 6.35. The Morgan fingerprint density at radius 1 is 1.05 bits per heavy atom. The molecule has 3 heteroatoms. The van der Waals surface area contributed by atoms with Crippen LogP contribution >= 0.6 is 23.4 Å². The van der Waals surface area contributed by atoms with Crippen molar-refractivity contribution < 1.29 is 0 Å². The van der Waals surface area contributed by atoms with Crippen LogP contribution in [-0.4, -0.2) is 0 Å². The maximum absolute atomic E-state index is 6.35. The van der Waals surface area contributed by atoms with Gasteiger partial charge in [-0.1, -0.05) is 62.3 Å². The first-order valence-electron chi connectivity index (χ1n) is 7.11. The largest absolute Gasteiger partial charge is 0.324 e. The lowest BCUT2D eigenvalue weighted by Crippen LogP contribution is -2.10. The Morgan fingerprint density at radius 2 is 1.67 bits per heavy atom. The van der Waals surface area contributed by atoms with E-state index in [1.165, 1.54) is 10.5 Å². The topological polar surface area (TPSA) is 26.0 Å².